The van der Waals surface area contributed by atoms with Crippen LogP contribution in [0.3, 0.4) is 0 Å². The van der Waals surface area contributed by atoms with Gasteiger partial charge in [0.05, 0.1) is 0 Å². The molecule has 0 aromatic heterocycles. The largest absolute Gasteiger partial charge is 0.323 e. The third-order valence-electron chi connectivity index (χ3n) is 2.53. The average molecular weight is 265 g/mol. The Morgan fingerprint density at radius 3 is 2.56 bits per heavy atom. The number of halogens is 2. The van der Waals surface area contributed by atoms with Crippen LogP contribution in [0, 0.1) is 11.6 Å². The lowest BCUT2D eigenvalue weighted by Gasteiger charge is -2.12. The molecule has 2 aromatic rings. The molecule has 4 heteroatoms. The van der Waals surface area contributed by atoms with E-state index in [1.54, 1.807) is 30.3 Å². The molecule has 0 aliphatic rings. The highest BCUT2D eigenvalue weighted by molar-refractivity contribution is 7.99. The average Bonchev–Trinajstić information content (AvgIpc) is 2.37. The molecule has 0 bridgehead atoms. The van der Waals surface area contributed by atoms with Gasteiger partial charge in [0.2, 0.25) is 0 Å². The maximum absolute atomic E-state index is 13.4. The lowest BCUT2D eigenvalue weighted by molar-refractivity contribution is 0.601. The van der Waals surface area contributed by atoms with Gasteiger partial charge in [0, 0.05) is 16.7 Å². The molecule has 0 aliphatic heterocycles. The summed E-state index contributed by atoms with van der Waals surface area (Å²) in [7, 11) is 0. The number of nitrogens with two attached hydrogens (primary N) is 1. The van der Waals surface area contributed by atoms with Crippen molar-refractivity contribution in [2.45, 2.75) is 10.9 Å². The zero-order valence-electron chi connectivity index (χ0n) is 9.64. The highest BCUT2D eigenvalue weighted by Gasteiger charge is 2.09. The van der Waals surface area contributed by atoms with E-state index in [1.807, 2.05) is 0 Å². The van der Waals surface area contributed by atoms with E-state index < -0.39 is 0 Å². The Morgan fingerprint density at radius 1 is 1.06 bits per heavy atom. The van der Waals surface area contributed by atoms with Crippen LogP contribution in [0.5, 0.6) is 0 Å². The van der Waals surface area contributed by atoms with Gasteiger partial charge in [-0.15, -0.1) is 11.8 Å². The van der Waals surface area contributed by atoms with Crippen LogP contribution in [0.25, 0.3) is 0 Å². The molecular formula is C14H13F2NS. The Bertz CT molecular complexity index is 531. The SMILES string of the molecule is NC(CSc1ccccc1F)c1cccc(F)c1. The van der Waals surface area contributed by atoms with Gasteiger partial charge in [-0.2, -0.15) is 0 Å². The Hall–Kier alpha value is -1.39. The van der Waals surface area contributed by atoms with Crippen molar-refractivity contribution in [3.05, 3.63) is 65.7 Å². The molecular weight excluding hydrogens is 252 g/mol. The summed E-state index contributed by atoms with van der Waals surface area (Å²) >= 11 is 1.33. The van der Waals surface area contributed by atoms with E-state index in [0.717, 1.165) is 5.56 Å². The topological polar surface area (TPSA) is 26.0 Å². The van der Waals surface area contributed by atoms with Crippen LogP contribution in [0.15, 0.2) is 53.4 Å². The fourth-order valence-corrected chi connectivity index (χ4v) is 2.51. The van der Waals surface area contributed by atoms with Crippen LogP contribution >= 0.6 is 11.8 Å². The minimum atomic E-state index is -0.315. The zero-order chi connectivity index (χ0) is 13.0. The molecule has 0 saturated carbocycles. The minimum Gasteiger partial charge on any atom is -0.323 e. The Labute approximate surface area is 109 Å². The second-order valence-corrected chi connectivity index (χ2v) is 4.96. The van der Waals surface area contributed by atoms with Crippen molar-refractivity contribution in [2.75, 3.05) is 5.75 Å². The molecule has 2 rings (SSSR count). The van der Waals surface area contributed by atoms with Gasteiger partial charge in [0.1, 0.15) is 11.6 Å². The van der Waals surface area contributed by atoms with E-state index in [2.05, 4.69) is 0 Å². The normalized spacial score (nSPS) is 12.4. The Balaban J connectivity index is 2.00. The first-order valence-corrected chi connectivity index (χ1v) is 6.54. The van der Waals surface area contributed by atoms with E-state index in [4.69, 9.17) is 5.73 Å². The molecule has 1 atom stereocenters. The lowest BCUT2D eigenvalue weighted by Crippen LogP contribution is -2.13. The maximum Gasteiger partial charge on any atom is 0.136 e. The van der Waals surface area contributed by atoms with Crippen molar-refractivity contribution in [1.29, 1.82) is 0 Å². The Morgan fingerprint density at radius 2 is 1.83 bits per heavy atom. The van der Waals surface area contributed by atoms with Gasteiger partial charge in [-0.3, -0.25) is 0 Å². The summed E-state index contributed by atoms with van der Waals surface area (Å²) in [5.74, 6) is -0.0579. The first-order chi connectivity index (χ1) is 8.66. The van der Waals surface area contributed by atoms with E-state index in [9.17, 15) is 8.78 Å². The lowest BCUT2D eigenvalue weighted by atomic mass is 10.1. The van der Waals surface area contributed by atoms with Gasteiger partial charge >= 0.3 is 0 Å². The molecule has 0 radical (unpaired) electrons. The van der Waals surface area contributed by atoms with Gasteiger partial charge in [-0.1, -0.05) is 24.3 Å². The van der Waals surface area contributed by atoms with Crippen molar-refractivity contribution < 1.29 is 8.78 Å². The van der Waals surface area contributed by atoms with Crippen molar-refractivity contribution in [1.82, 2.24) is 0 Å². The number of hydrogen-bond donors (Lipinski definition) is 1. The monoisotopic (exact) mass is 265 g/mol. The van der Waals surface area contributed by atoms with Gasteiger partial charge < -0.3 is 5.73 Å². The van der Waals surface area contributed by atoms with Gasteiger partial charge in [-0.05, 0) is 29.8 Å². The Kier molecular flexibility index (Phi) is 4.33. The summed E-state index contributed by atoms with van der Waals surface area (Å²) < 4.78 is 26.4. The van der Waals surface area contributed by atoms with Crippen molar-refractivity contribution in [3.63, 3.8) is 0 Å². The van der Waals surface area contributed by atoms with Crippen molar-refractivity contribution in [2.24, 2.45) is 5.73 Å². The molecule has 18 heavy (non-hydrogen) atoms. The summed E-state index contributed by atoms with van der Waals surface area (Å²) in [5, 5.41) is 0. The number of benzene rings is 2. The van der Waals surface area contributed by atoms with Crippen LogP contribution in [-0.2, 0) is 0 Å². The number of rotatable bonds is 4. The minimum absolute atomic E-state index is 0.256. The molecule has 0 aliphatic carbocycles. The van der Waals surface area contributed by atoms with Crippen LogP contribution in [-0.4, -0.2) is 5.75 Å². The zero-order valence-corrected chi connectivity index (χ0v) is 10.5. The molecule has 94 valence electrons. The standard InChI is InChI=1S/C14H13F2NS/c15-11-5-3-4-10(8-11)13(17)9-18-14-7-2-1-6-12(14)16/h1-8,13H,9,17H2. The molecule has 0 fully saturated rings. The van der Waals surface area contributed by atoms with Gasteiger partial charge in [0.25, 0.3) is 0 Å². The first kappa shape index (κ1) is 13.1. The van der Waals surface area contributed by atoms with E-state index >= 15 is 0 Å². The highest BCUT2D eigenvalue weighted by Crippen LogP contribution is 2.25. The van der Waals surface area contributed by atoms with Crippen LogP contribution in [0.2, 0.25) is 0 Å². The van der Waals surface area contributed by atoms with Crippen LogP contribution in [0.4, 0.5) is 8.78 Å². The number of hydrogen-bond acceptors (Lipinski definition) is 2. The molecule has 0 heterocycles. The molecule has 1 nitrogen and oxygen atoms in total. The highest BCUT2D eigenvalue weighted by atomic mass is 32.2. The van der Waals surface area contributed by atoms with Gasteiger partial charge in [-0.25, -0.2) is 8.78 Å². The first-order valence-electron chi connectivity index (χ1n) is 5.55. The van der Waals surface area contributed by atoms with Gasteiger partial charge in [0.15, 0.2) is 0 Å². The summed E-state index contributed by atoms with van der Waals surface area (Å²) in [4.78, 5) is 0.560. The molecule has 0 amide bonds. The fraction of sp³-hybridized carbons (Fsp3) is 0.143. The predicted molar refractivity (Wildman–Crippen MR) is 70.5 cm³/mol. The third-order valence-corrected chi connectivity index (χ3v) is 3.70. The molecule has 0 spiro atoms. The molecule has 0 saturated heterocycles. The summed E-state index contributed by atoms with van der Waals surface area (Å²) in [6, 6.07) is 12.4. The fourth-order valence-electron chi connectivity index (χ4n) is 1.57. The summed E-state index contributed by atoms with van der Waals surface area (Å²) in [6.07, 6.45) is 0. The second kappa shape index (κ2) is 5.98. The molecule has 2 aromatic carbocycles. The summed E-state index contributed by atoms with van der Waals surface area (Å²) in [6.45, 7) is 0. The van der Waals surface area contributed by atoms with Crippen molar-refractivity contribution >= 4 is 11.8 Å². The van der Waals surface area contributed by atoms with E-state index in [1.165, 1.54) is 30.0 Å². The predicted octanol–water partition coefficient (Wildman–Crippen LogP) is 3.76. The van der Waals surface area contributed by atoms with E-state index in [0.29, 0.717) is 10.6 Å². The van der Waals surface area contributed by atoms with E-state index in [-0.39, 0.29) is 17.7 Å². The third kappa shape index (κ3) is 3.31. The maximum atomic E-state index is 13.4. The summed E-state index contributed by atoms with van der Waals surface area (Å²) in [5.41, 5.74) is 6.67. The smallest absolute Gasteiger partial charge is 0.136 e. The van der Waals surface area contributed by atoms with Crippen LogP contribution in [0.1, 0.15) is 11.6 Å². The molecule has 1 unspecified atom stereocenters. The quantitative estimate of drug-likeness (QED) is 0.852. The number of thioether (sulfide) groups is 1. The van der Waals surface area contributed by atoms with Crippen molar-refractivity contribution in [3.8, 4) is 0 Å². The second-order valence-electron chi connectivity index (χ2n) is 3.90. The molecule has 2 N–H and O–H groups in total. The van der Waals surface area contributed by atoms with Crippen LogP contribution < -0.4 is 5.73 Å².